The van der Waals surface area contributed by atoms with Crippen molar-refractivity contribution >= 4 is 11.6 Å². The van der Waals surface area contributed by atoms with E-state index in [2.05, 4.69) is 9.97 Å². The van der Waals surface area contributed by atoms with Crippen molar-refractivity contribution in [3.05, 3.63) is 47.5 Å². The molecule has 1 aromatic heterocycles. The van der Waals surface area contributed by atoms with Gasteiger partial charge in [-0.3, -0.25) is 0 Å². The highest BCUT2D eigenvalue weighted by molar-refractivity contribution is 5.47. The molecule has 0 bridgehead atoms. The summed E-state index contributed by atoms with van der Waals surface area (Å²) in [4.78, 5) is 11.1. The summed E-state index contributed by atoms with van der Waals surface area (Å²) in [6.07, 6.45) is 1.84. The maximum Gasteiger partial charge on any atom is 0.136 e. The van der Waals surface area contributed by atoms with E-state index in [4.69, 9.17) is 10.5 Å². The minimum atomic E-state index is -0.232. The van der Waals surface area contributed by atoms with Crippen molar-refractivity contribution in [3.8, 4) is 0 Å². The molecule has 2 heterocycles. The molecule has 122 valence electrons. The topological polar surface area (TPSA) is 64.3 Å². The van der Waals surface area contributed by atoms with Gasteiger partial charge in [0.1, 0.15) is 23.3 Å². The van der Waals surface area contributed by atoms with Crippen LogP contribution >= 0.6 is 0 Å². The van der Waals surface area contributed by atoms with E-state index >= 15 is 0 Å². The summed E-state index contributed by atoms with van der Waals surface area (Å²) < 4.78 is 18.4. The Labute approximate surface area is 135 Å². The number of nitrogens with two attached hydrogens (primary N) is 1. The molecule has 1 aromatic carbocycles. The zero-order valence-electron chi connectivity index (χ0n) is 13.2. The fourth-order valence-corrected chi connectivity index (χ4v) is 2.75. The van der Waals surface area contributed by atoms with Crippen molar-refractivity contribution in [2.75, 3.05) is 30.9 Å². The summed E-state index contributed by atoms with van der Waals surface area (Å²) in [6.45, 7) is 2.11. The van der Waals surface area contributed by atoms with Crippen LogP contribution in [0.3, 0.4) is 0 Å². The molecule has 0 aliphatic carbocycles. The highest BCUT2D eigenvalue weighted by Crippen LogP contribution is 2.26. The lowest BCUT2D eigenvalue weighted by Crippen LogP contribution is -2.21. The Bertz CT molecular complexity index is 656. The first-order chi connectivity index (χ1) is 11.1. The molecule has 0 unspecified atom stereocenters. The van der Waals surface area contributed by atoms with Crippen molar-refractivity contribution < 1.29 is 9.13 Å². The molecule has 5 nitrogen and oxygen atoms in total. The summed E-state index contributed by atoms with van der Waals surface area (Å²) in [5, 5.41) is 0. The lowest BCUT2D eigenvalue weighted by molar-refractivity contribution is 0.0836. The number of anilines is 2. The average Bonchev–Trinajstić information content (AvgIpc) is 2.57. The molecule has 1 saturated heterocycles. The summed E-state index contributed by atoms with van der Waals surface area (Å²) in [5.41, 5.74) is 6.97. The summed E-state index contributed by atoms with van der Waals surface area (Å²) in [6, 6.07) is 8.24. The number of aromatic nitrogens is 2. The first-order valence-corrected chi connectivity index (χ1v) is 7.79. The van der Waals surface area contributed by atoms with Gasteiger partial charge in [0.2, 0.25) is 0 Å². The van der Waals surface area contributed by atoms with Crippen LogP contribution < -0.4 is 10.6 Å². The van der Waals surface area contributed by atoms with E-state index < -0.39 is 0 Å². The van der Waals surface area contributed by atoms with Crippen LogP contribution in [-0.2, 0) is 11.3 Å². The van der Waals surface area contributed by atoms with Gasteiger partial charge in [-0.2, -0.15) is 0 Å². The molecule has 1 aliphatic rings. The van der Waals surface area contributed by atoms with Gasteiger partial charge in [-0.25, -0.2) is 14.4 Å². The molecule has 2 aromatic rings. The third-order valence-electron chi connectivity index (χ3n) is 4.06. The number of halogens is 1. The monoisotopic (exact) mass is 316 g/mol. The number of ether oxygens (including phenoxy) is 1. The lowest BCUT2D eigenvalue weighted by atomic mass is 9.99. The molecule has 1 aliphatic heterocycles. The number of benzene rings is 1. The number of rotatable bonds is 4. The number of nitrogen functional groups attached to an aromatic ring is 1. The van der Waals surface area contributed by atoms with Gasteiger partial charge in [0.25, 0.3) is 0 Å². The quantitative estimate of drug-likeness (QED) is 0.939. The van der Waals surface area contributed by atoms with Crippen LogP contribution in [0.15, 0.2) is 30.3 Å². The van der Waals surface area contributed by atoms with Gasteiger partial charge in [-0.15, -0.1) is 0 Å². The largest absolute Gasteiger partial charge is 0.384 e. The molecule has 0 radical (unpaired) electrons. The molecule has 6 heteroatoms. The Morgan fingerprint density at radius 3 is 2.61 bits per heavy atom. The standard InChI is InChI=1S/C17H21FN4O/c1-22(11-12-2-4-14(18)5-3-12)16-10-15(19)20-17(21-16)13-6-8-23-9-7-13/h2-5,10,13H,6-9,11H2,1H3,(H2,19,20,21). The SMILES string of the molecule is CN(Cc1ccc(F)cc1)c1cc(N)nc(C2CCOCC2)n1. The molecule has 0 saturated carbocycles. The molecular formula is C17H21FN4O. The predicted molar refractivity (Wildman–Crippen MR) is 87.7 cm³/mol. The van der Waals surface area contributed by atoms with Crippen molar-refractivity contribution in [1.82, 2.24) is 9.97 Å². The Kier molecular flexibility index (Phi) is 4.71. The van der Waals surface area contributed by atoms with Gasteiger partial charge < -0.3 is 15.4 Å². The smallest absolute Gasteiger partial charge is 0.136 e. The molecular weight excluding hydrogens is 295 g/mol. The van der Waals surface area contributed by atoms with Gasteiger partial charge >= 0.3 is 0 Å². The molecule has 0 amide bonds. The predicted octanol–water partition coefficient (Wildman–Crippen LogP) is 2.73. The van der Waals surface area contributed by atoms with Gasteiger partial charge in [0.15, 0.2) is 0 Å². The minimum Gasteiger partial charge on any atom is -0.384 e. The van der Waals surface area contributed by atoms with Gasteiger partial charge in [0.05, 0.1) is 0 Å². The van der Waals surface area contributed by atoms with E-state index in [0.29, 0.717) is 18.3 Å². The minimum absolute atomic E-state index is 0.232. The highest BCUT2D eigenvalue weighted by atomic mass is 19.1. The molecule has 0 atom stereocenters. The zero-order chi connectivity index (χ0) is 16.2. The van der Waals surface area contributed by atoms with Crippen LogP contribution in [0.5, 0.6) is 0 Å². The van der Waals surface area contributed by atoms with E-state index in [1.165, 1.54) is 12.1 Å². The van der Waals surface area contributed by atoms with E-state index in [0.717, 1.165) is 43.3 Å². The third kappa shape index (κ3) is 3.96. The maximum atomic E-state index is 13.0. The number of hydrogen-bond acceptors (Lipinski definition) is 5. The second-order valence-corrected chi connectivity index (χ2v) is 5.88. The van der Waals surface area contributed by atoms with Crippen LogP contribution in [0, 0.1) is 5.82 Å². The molecule has 0 spiro atoms. The fraction of sp³-hybridized carbons (Fsp3) is 0.412. The molecule has 2 N–H and O–H groups in total. The van der Waals surface area contributed by atoms with Crippen molar-refractivity contribution in [2.45, 2.75) is 25.3 Å². The molecule has 23 heavy (non-hydrogen) atoms. The maximum absolute atomic E-state index is 13.0. The zero-order valence-corrected chi connectivity index (χ0v) is 13.2. The Hall–Kier alpha value is -2.21. The van der Waals surface area contributed by atoms with Crippen LogP contribution in [-0.4, -0.2) is 30.2 Å². The Balaban J connectivity index is 1.78. The first kappa shape index (κ1) is 15.7. The number of nitrogens with zero attached hydrogens (tertiary/aromatic N) is 3. The first-order valence-electron chi connectivity index (χ1n) is 7.79. The van der Waals surface area contributed by atoms with E-state index in [1.54, 1.807) is 18.2 Å². The number of hydrogen-bond donors (Lipinski definition) is 1. The van der Waals surface area contributed by atoms with E-state index in [-0.39, 0.29) is 5.82 Å². The normalized spacial score (nSPS) is 15.6. The van der Waals surface area contributed by atoms with Crippen molar-refractivity contribution in [2.24, 2.45) is 0 Å². The summed E-state index contributed by atoms with van der Waals surface area (Å²) in [7, 11) is 1.94. The van der Waals surface area contributed by atoms with Crippen LogP contribution in [0.25, 0.3) is 0 Å². The highest BCUT2D eigenvalue weighted by Gasteiger charge is 2.20. The second-order valence-electron chi connectivity index (χ2n) is 5.88. The van der Waals surface area contributed by atoms with Gasteiger partial charge in [0, 0.05) is 38.8 Å². The van der Waals surface area contributed by atoms with Gasteiger partial charge in [-0.1, -0.05) is 12.1 Å². The van der Waals surface area contributed by atoms with Crippen molar-refractivity contribution in [3.63, 3.8) is 0 Å². The lowest BCUT2D eigenvalue weighted by Gasteiger charge is -2.23. The van der Waals surface area contributed by atoms with E-state index in [9.17, 15) is 4.39 Å². The van der Waals surface area contributed by atoms with Crippen molar-refractivity contribution in [1.29, 1.82) is 0 Å². The van der Waals surface area contributed by atoms with Crippen LogP contribution in [0.2, 0.25) is 0 Å². The van der Waals surface area contributed by atoms with Crippen LogP contribution in [0.4, 0.5) is 16.0 Å². The van der Waals surface area contributed by atoms with E-state index in [1.807, 2.05) is 11.9 Å². The fourth-order valence-electron chi connectivity index (χ4n) is 2.75. The molecule has 3 rings (SSSR count). The summed E-state index contributed by atoms with van der Waals surface area (Å²) in [5.74, 6) is 2.11. The third-order valence-corrected chi connectivity index (χ3v) is 4.06. The second kappa shape index (κ2) is 6.91. The Morgan fingerprint density at radius 2 is 1.91 bits per heavy atom. The molecule has 1 fully saturated rings. The Morgan fingerprint density at radius 1 is 1.22 bits per heavy atom. The van der Waals surface area contributed by atoms with Crippen LogP contribution in [0.1, 0.15) is 30.1 Å². The van der Waals surface area contributed by atoms with Gasteiger partial charge in [-0.05, 0) is 30.5 Å². The average molecular weight is 316 g/mol. The summed E-state index contributed by atoms with van der Waals surface area (Å²) >= 11 is 0.